The summed E-state index contributed by atoms with van der Waals surface area (Å²) in [6.45, 7) is 11.9. The monoisotopic (exact) mass is 502 g/mol. The van der Waals surface area contributed by atoms with Crippen molar-refractivity contribution in [3.63, 3.8) is 0 Å². The predicted molar refractivity (Wildman–Crippen MR) is 134 cm³/mol. The molecule has 4 aliphatic carbocycles. The molecule has 0 aromatic rings. The lowest BCUT2D eigenvalue weighted by Gasteiger charge is -2.52. The van der Waals surface area contributed by atoms with Crippen molar-refractivity contribution in [2.75, 3.05) is 13.7 Å². The van der Waals surface area contributed by atoms with Crippen LogP contribution in [0.5, 0.6) is 0 Å². The van der Waals surface area contributed by atoms with Crippen LogP contribution in [0.1, 0.15) is 73.6 Å². The van der Waals surface area contributed by atoms with Crippen molar-refractivity contribution in [1.82, 2.24) is 0 Å². The van der Waals surface area contributed by atoms with Crippen LogP contribution in [0.3, 0.4) is 0 Å². The van der Waals surface area contributed by atoms with Gasteiger partial charge in [0.15, 0.2) is 11.4 Å². The largest absolute Gasteiger partial charge is 0.458 e. The molecule has 0 amide bonds. The van der Waals surface area contributed by atoms with E-state index in [0.717, 1.165) is 5.57 Å². The van der Waals surface area contributed by atoms with Crippen LogP contribution < -0.4 is 0 Å². The topological polar surface area (TPSA) is 99.1 Å². The van der Waals surface area contributed by atoms with E-state index in [2.05, 4.69) is 6.08 Å². The minimum Gasteiger partial charge on any atom is -0.458 e. The van der Waals surface area contributed by atoms with Crippen molar-refractivity contribution in [3.05, 3.63) is 23.3 Å². The van der Waals surface area contributed by atoms with Crippen molar-refractivity contribution in [2.24, 2.45) is 35.0 Å². The van der Waals surface area contributed by atoms with Crippen LogP contribution in [0.25, 0.3) is 0 Å². The third-order valence-corrected chi connectivity index (χ3v) is 9.46. The van der Waals surface area contributed by atoms with Gasteiger partial charge in [-0.3, -0.25) is 14.4 Å². The molecule has 0 radical (unpaired) electrons. The molecule has 7 nitrogen and oxygen atoms in total. The number of hydrogen-bond acceptors (Lipinski definition) is 7. The molecule has 2 fully saturated rings. The first-order valence-corrected chi connectivity index (χ1v) is 13.5. The Morgan fingerprint density at radius 3 is 2.33 bits per heavy atom. The number of Topliss-reactive ketones (excluding diaryl/α,β-unsaturated/α-hetero) is 1. The predicted octanol–water partition coefficient (Wildman–Crippen LogP) is 4.17. The second kappa shape index (κ2) is 9.39. The van der Waals surface area contributed by atoms with Gasteiger partial charge in [0.1, 0.15) is 6.10 Å². The van der Waals surface area contributed by atoms with Crippen molar-refractivity contribution < 1.29 is 33.7 Å². The summed E-state index contributed by atoms with van der Waals surface area (Å²) < 4.78 is 17.9. The van der Waals surface area contributed by atoms with E-state index in [0.29, 0.717) is 31.4 Å². The Morgan fingerprint density at radius 2 is 1.72 bits per heavy atom. The van der Waals surface area contributed by atoms with Crippen LogP contribution in [-0.2, 0) is 28.6 Å². The number of fused-ring (bicyclic) bond motifs is 5. The number of hydrogen-bond donors (Lipinski definition) is 1. The lowest BCUT2D eigenvalue weighted by atomic mass is 9.60. The number of methoxy groups -OCH3 is 1. The average molecular weight is 503 g/mol. The minimum absolute atomic E-state index is 0.0454. The molecule has 8 atom stereocenters. The molecule has 4 rings (SSSR count). The summed E-state index contributed by atoms with van der Waals surface area (Å²) in [6, 6.07) is 0. The molecular formula is C29H42O7. The first-order valence-electron chi connectivity index (χ1n) is 13.5. The summed E-state index contributed by atoms with van der Waals surface area (Å²) in [5, 5.41) is 12.7. The molecule has 0 bridgehead atoms. The fraction of sp³-hybridized carbons (Fsp3) is 0.759. The zero-order valence-electron chi connectivity index (χ0n) is 22.8. The lowest BCUT2D eigenvalue weighted by molar-refractivity contribution is -0.220. The molecular weight excluding hydrogens is 460 g/mol. The standard InChI is InChI=1S/C29H42O7/c1-8-10-22(30)35-26-17(4)28(33)20-12-16(3)24(32)19(20)13-18(15-34-7)14-21(28)25-27(5,6)29(25,26)36-23(31)11-9-2/h12,14,17,19-21,25-26,33H,8-11,13,15H2,1-7H3/t17-,19+,20-,21+,25?,26-,28+,29-/m1/s1. The first-order chi connectivity index (χ1) is 16.9. The normalized spacial score (nSPS) is 40.2. The maximum atomic E-state index is 13.2. The van der Waals surface area contributed by atoms with E-state index in [4.69, 9.17) is 14.2 Å². The van der Waals surface area contributed by atoms with E-state index in [9.17, 15) is 19.5 Å². The van der Waals surface area contributed by atoms with Gasteiger partial charge in [-0.05, 0) is 37.3 Å². The summed E-state index contributed by atoms with van der Waals surface area (Å²) in [5.41, 5.74) is -1.33. The van der Waals surface area contributed by atoms with E-state index in [1.807, 2.05) is 40.7 Å². The van der Waals surface area contributed by atoms with E-state index in [1.165, 1.54) is 0 Å². The Kier molecular flexibility index (Phi) is 7.06. The summed E-state index contributed by atoms with van der Waals surface area (Å²) in [4.78, 5) is 39.0. The SMILES string of the molecule is CCCC(=O)O[C@@H]1[C@@H](C)[C@]2(O)[C@@H]3C=C(C)C(=O)[C@H]3CC(COC)=C[C@H]2C2C(C)(C)[C@@]21OC(=O)CCC. The van der Waals surface area contributed by atoms with Gasteiger partial charge in [0, 0.05) is 55.0 Å². The van der Waals surface area contributed by atoms with Crippen LogP contribution in [-0.4, -0.2) is 53.9 Å². The van der Waals surface area contributed by atoms with Gasteiger partial charge in [-0.15, -0.1) is 0 Å². The highest BCUT2D eigenvalue weighted by Gasteiger charge is 2.87. The summed E-state index contributed by atoms with van der Waals surface area (Å²) in [5.74, 6) is -2.70. The molecule has 0 saturated heterocycles. The molecule has 200 valence electrons. The van der Waals surface area contributed by atoms with Crippen molar-refractivity contribution in [1.29, 1.82) is 0 Å². The number of ketones is 1. The van der Waals surface area contributed by atoms with Gasteiger partial charge in [0.25, 0.3) is 0 Å². The number of rotatable bonds is 8. The number of carbonyl (C=O) groups excluding carboxylic acids is 3. The Morgan fingerprint density at radius 1 is 1.08 bits per heavy atom. The first kappa shape index (κ1) is 27.1. The van der Waals surface area contributed by atoms with E-state index in [-0.39, 0.29) is 36.5 Å². The second-order valence-corrected chi connectivity index (χ2v) is 11.9. The quantitative estimate of drug-likeness (QED) is 0.393. The molecule has 0 aromatic heterocycles. The number of esters is 2. The van der Waals surface area contributed by atoms with Gasteiger partial charge in [-0.1, -0.05) is 46.8 Å². The highest BCUT2D eigenvalue weighted by atomic mass is 16.6. The van der Waals surface area contributed by atoms with Crippen molar-refractivity contribution in [3.8, 4) is 0 Å². The number of aliphatic hydroxyl groups is 1. The van der Waals surface area contributed by atoms with Crippen LogP contribution in [0.4, 0.5) is 0 Å². The molecule has 1 N–H and O–H groups in total. The Bertz CT molecular complexity index is 994. The van der Waals surface area contributed by atoms with Gasteiger partial charge in [-0.2, -0.15) is 0 Å². The molecule has 0 spiro atoms. The van der Waals surface area contributed by atoms with E-state index in [1.54, 1.807) is 14.0 Å². The number of ether oxygens (including phenoxy) is 3. The molecule has 2 saturated carbocycles. The van der Waals surface area contributed by atoms with Gasteiger partial charge >= 0.3 is 11.9 Å². The third kappa shape index (κ3) is 3.72. The molecule has 7 heteroatoms. The molecule has 0 aromatic carbocycles. The highest BCUT2D eigenvalue weighted by Crippen LogP contribution is 2.77. The lowest BCUT2D eigenvalue weighted by Crippen LogP contribution is -2.63. The van der Waals surface area contributed by atoms with Gasteiger partial charge in [0.2, 0.25) is 0 Å². The Balaban J connectivity index is 1.89. The maximum Gasteiger partial charge on any atom is 0.306 e. The van der Waals surface area contributed by atoms with Gasteiger partial charge < -0.3 is 19.3 Å². The zero-order valence-corrected chi connectivity index (χ0v) is 22.8. The Labute approximate surface area is 214 Å². The van der Waals surface area contributed by atoms with Crippen LogP contribution in [0.2, 0.25) is 0 Å². The molecule has 0 aliphatic heterocycles. The Hall–Kier alpha value is -1.99. The highest BCUT2D eigenvalue weighted by molar-refractivity contribution is 6.00. The molecule has 0 heterocycles. The number of allylic oxidation sites excluding steroid dienone is 1. The summed E-state index contributed by atoms with van der Waals surface area (Å²) in [6.07, 6.45) is 5.47. The number of carbonyl (C=O) groups is 3. The minimum atomic E-state index is -1.36. The fourth-order valence-corrected chi connectivity index (χ4v) is 7.78. The molecule has 4 aliphatic rings. The zero-order chi connectivity index (χ0) is 26.6. The van der Waals surface area contributed by atoms with E-state index < -0.39 is 46.4 Å². The van der Waals surface area contributed by atoms with Gasteiger partial charge in [0.05, 0.1) is 12.2 Å². The molecule has 1 unspecified atom stereocenters. The van der Waals surface area contributed by atoms with Crippen molar-refractivity contribution >= 4 is 17.7 Å². The van der Waals surface area contributed by atoms with Gasteiger partial charge in [-0.25, -0.2) is 0 Å². The average Bonchev–Trinajstić information content (AvgIpc) is 3.19. The van der Waals surface area contributed by atoms with Crippen LogP contribution >= 0.6 is 0 Å². The summed E-state index contributed by atoms with van der Waals surface area (Å²) in [7, 11) is 1.62. The maximum absolute atomic E-state index is 13.2. The summed E-state index contributed by atoms with van der Waals surface area (Å²) >= 11 is 0. The smallest absolute Gasteiger partial charge is 0.306 e. The molecule has 36 heavy (non-hydrogen) atoms. The van der Waals surface area contributed by atoms with Crippen LogP contribution in [0.15, 0.2) is 23.3 Å². The van der Waals surface area contributed by atoms with Crippen LogP contribution in [0, 0.1) is 35.0 Å². The van der Waals surface area contributed by atoms with E-state index >= 15 is 0 Å². The fourth-order valence-electron chi connectivity index (χ4n) is 7.78. The van der Waals surface area contributed by atoms with Crippen molar-refractivity contribution in [2.45, 2.75) is 91.0 Å². The second-order valence-electron chi connectivity index (χ2n) is 11.9. The third-order valence-electron chi connectivity index (χ3n) is 9.46.